The summed E-state index contributed by atoms with van der Waals surface area (Å²) in [6, 6.07) is 0. The van der Waals surface area contributed by atoms with Crippen LogP contribution in [0.3, 0.4) is 0 Å². The highest BCUT2D eigenvalue weighted by molar-refractivity contribution is 5.70. The summed E-state index contributed by atoms with van der Waals surface area (Å²) in [5.41, 5.74) is 1.87. The molecule has 0 saturated heterocycles. The van der Waals surface area contributed by atoms with Crippen LogP contribution < -0.4 is 0 Å². The maximum atomic E-state index is 13.1. The van der Waals surface area contributed by atoms with Crippen molar-refractivity contribution in [3.05, 3.63) is 60.3 Å². The zero-order valence-electron chi connectivity index (χ0n) is 38.8. The van der Waals surface area contributed by atoms with Crippen LogP contribution in [0.25, 0.3) is 0 Å². The summed E-state index contributed by atoms with van der Waals surface area (Å²) in [5, 5.41) is 0. The number of ether oxygens (including phenoxy) is 2. The van der Waals surface area contributed by atoms with Crippen molar-refractivity contribution in [1.82, 2.24) is 0 Å². The molecule has 0 aromatic carbocycles. The molecule has 0 radical (unpaired) electrons. The van der Waals surface area contributed by atoms with E-state index in [9.17, 15) is 9.59 Å². The lowest BCUT2D eigenvalue weighted by atomic mass is 9.48. The Morgan fingerprint density at radius 1 is 0.576 bits per heavy atom. The minimum atomic E-state index is 0.00833. The van der Waals surface area contributed by atoms with Crippen LogP contribution in [0.1, 0.15) is 233 Å². The molecule has 4 rings (SSSR count). The Labute approximate surface area is 364 Å². The van der Waals surface area contributed by atoms with Gasteiger partial charge in [-0.3, -0.25) is 9.59 Å². The number of hydrogen-bond donors (Lipinski definition) is 0. The molecule has 0 amide bonds. The third kappa shape index (κ3) is 16.8. The van der Waals surface area contributed by atoms with Gasteiger partial charge >= 0.3 is 11.9 Å². The Morgan fingerprint density at radius 3 is 1.64 bits per heavy atom. The molecule has 0 bridgehead atoms. The van der Waals surface area contributed by atoms with Gasteiger partial charge in [0, 0.05) is 24.7 Å². The summed E-state index contributed by atoms with van der Waals surface area (Å²) in [7, 11) is 0. The Balaban J connectivity index is 1.06. The van der Waals surface area contributed by atoms with E-state index in [0.717, 1.165) is 83.5 Å². The molecule has 4 nitrogen and oxygen atoms in total. The van der Waals surface area contributed by atoms with Gasteiger partial charge in [-0.15, -0.1) is 0 Å². The first kappa shape index (κ1) is 49.3. The van der Waals surface area contributed by atoms with Gasteiger partial charge in [0.25, 0.3) is 0 Å². The van der Waals surface area contributed by atoms with Crippen LogP contribution in [0.15, 0.2) is 60.3 Å². The molecule has 59 heavy (non-hydrogen) atoms. The highest BCUT2D eigenvalue weighted by Gasteiger charge is 2.59. The average molecular weight is 815 g/mol. The zero-order valence-corrected chi connectivity index (χ0v) is 38.8. The Bertz CT molecular complexity index is 1340. The Morgan fingerprint density at radius 2 is 1.08 bits per heavy atom. The van der Waals surface area contributed by atoms with E-state index in [0.29, 0.717) is 30.6 Å². The number of hydrogen-bond acceptors (Lipinski definition) is 4. The van der Waals surface area contributed by atoms with Gasteiger partial charge in [0.2, 0.25) is 0 Å². The second-order valence-corrected chi connectivity index (χ2v) is 19.7. The van der Waals surface area contributed by atoms with Crippen molar-refractivity contribution in [3.8, 4) is 0 Å². The van der Waals surface area contributed by atoms with Crippen molar-refractivity contribution < 1.29 is 19.1 Å². The fourth-order valence-corrected chi connectivity index (χ4v) is 11.5. The van der Waals surface area contributed by atoms with Crippen LogP contribution in [0.2, 0.25) is 0 Å². The Kier molecular flexibility index (Phi) is 23.6. The van der Waals surface area contributed by atoms with Crippen LogP contribution in [-0.4, -0.2) is 24.1 Å². The first-order valence-corrected chi connectivity index (χ1v) is 25.5. The van der Waals surface area contributed by atoms with Gasteiger partial charge in [-0.1, -0.05) is 152 Å². The van der Waals surface area contributed by atoms with Gasteiger partial charge in [0.05, 0.1) is 0 Å². The van der Waals surface area contributed by atoms with Crippen molar-refractivity contribution in [3.63, 3.8) is 0 Å². The summed E-state index contributed by atoms with van der Waals surface area (Å²) in [4.78, 5) is 25.9. The first-order valence-electron chi connectivity index (χ1n) is 25.5. The fourth-order valence-electron chi connectivity index (χ4n) is 11.5. The van der Waals surface area contributed by atoms with Gasteiger partial charge in [-0.2, -0.15) is 0 Å². The molecule has 3 saturated carbocycles. The fraction of sp³-hybridized carbons (Fsp3) is 0.782. The number of allylic oxidation sites excluding steroid dienone is 9. The molecule has 4 aliphatic rings. The molecule has 0 spiro atoms. The van der Waals surface area contributed by atoms with Crippen molar-refractivity contribution in [1.29, 1.82) is 0 Å². The highest BCUT2D eigenvalue weighted by atomic mass is 16.5. The van der Waals surface area contributed by atoms with E-state index in [1.54, 1.807) is 5.57 Å². The lowest BCUT2D eigenvalue weighted by Gasteiger charge is -2.57. The van der Waals surface area contributed by atoms with E-state index in [2.05, 4.69) is 82.4 Å². The van der Waals surface area contributed by atoms with E-state index in [-0.39, 0.29) is 35.0 Å². The van der Waals surface area contributed by atoms with Crippen LogP contribution >= 0.6 is 0 Å². The molecule has 0 aromatic rings. The number of carbonyl (C=O) groups is 2. The van der Waals surface area contributed by atoms with Gasteiger partial charge in [0.15, 0.2) is 0 Å². The smallest absolute Gasteiger partial charge is 0.306 e. The monoisotopic (exact) mass is 815 g/mol. The van der Waals surface area contributed by atoms with Crippen LogP contribution in [0, 0.1) is 28.6 Å². The van der Waals surface area contributed by atoms with Crippen LogP contribution in [0.5, 0.6) is 0 Å². The third-order valence-corrected chi connectivity index (χ3v) is 15.2. The third-order valence-electron chi connectivity index (χ3n) is 15.2. The highest BCUT2D eigenvalue weighted by Crippen LogP contribution is 2.65. The predicted molar refractivity (Wildman–Crippen MR) is 250 cm³/mol. The molecular weight excluding hydrogens is 725 g/mol. The van der Waals surface area contributed by atoms with Crippen molar-refractivity contribution in [2.75, 3.05) is 0 Å². The molecule has 0 unspecified atom stereocenters. The average Bonchev–Trinajstić information content (AvgIpc) is 3.56. The largest absolute Gasteiger partial charge is 0.462 e. The number of fused-ring (bicyclic) bond motifs is 5. The molecule has 0 heterocycles. The van der Waals surface area contributed by atoms with E-state index in [4.69, 9.17) is 9.47 Å². The maximum absolute atomic E-state index is 13.1. The second-order valence-electron chi connectivity index (χ2n) is 19.7. The quantitative estimate of drug-likeness (QED) is 0.0412. The predicted octanol–water partition coefficient (Wildman–Crippen LogP) is 16.4. The SMILES string of the molecule is CCCCC/C=C\C/C=C\CCCCCCCC(=O)O[C@H]1CC[C@@]2(C)C(=CC[C@H]3[C@@H]4CC[C@H](OC(=O)CCCCCCC/C=C\C/C=C\CCCCC)[C@@]4(C)CC[C@@H]32)C1. The molecule has 334 valence electrons. The lowest BCUT2D eigenvalue weighted by Crippen LogP contribution is -2.51. The van der Waals surface area contributed by atoms with Crippen LogP contribution in [0.4, 0.5) is 0 Å². The summed E-state index contributed by atoms with van der Waals surface area (Å²) < 4.78 is 12.4. The minimum absolute atomic E-state index is 0.00833. The van der Waals surface area contributed by atoms with Gasteiger partial charge in [0.1, 0.15) is 12.2 Å². The van der Waals surface area contributed by atoms with Gasteiger partial charge in [-0.25, -0.2) is 0 Å². The van der Waals surface area contributed by atoms with Crippen molar-refractivity contribution in [2.24, 2.45) is 28.6 Å². The number of carbonyl (C=O) groups excluding carboxylic acids is 2. The van der Waals surface area contributed by atoms with E-state index in [1.807, 2.05) is 0 Å². The second kappa shape index (κ2) is 28.3. The number of rotatable bonds is 30. The Hall–Kier alpha value is -2.36. The topological polar surface area (TPSA) is 52.6 Å². The van der Waals surface area contributed by atoms with Gasteiger partial charge in [-0.05, 0) is 145 Å². The molecule has 4 aliphatic carbocycles. The standard InChI is InChI=1S/C55H90O4/c1-5-7-9-11-13-15-17-19-21-23-25-27-29-31-33-35-52(56)58-47-41-43-54(3)46(45-47)37-38-48-49-39-40-51(55(49,4)44-42-50(48)54)59-53(57)36-34-32-30-28-26-24-22-20-18-16-14-12-10-8-6-2/h13-16,19-22,37,47-51H,5-12,17-18,23-36,38-45H2,1-4H3/b15-13-,16-14-,21-19-,22-20-/t47-,48-,49-,50-,51-,54-,55-/m0/s1. The summed E-state index contributed by atoms with van der Waals surface area (Å²) in [6.07, 6.45) is 57.4. The number of unbranched alkanes of at least 4 members (excludes halogenated alkanes) is 16. The lowest BCUT2D eigenvalue weighted by molar-refractivity contribution is -0.159. The molecule has 3 fully saturated rings. The maximum Gasteiger partial charge on any atom is 0.306 e. The molecule has 0 aliphatic heterocycles. The normalized spacial score (nSPS) is 28.0. The number of esters is 2. The summed E-state index contributed by atoms with van der Waals surface area (Å²) in [5.74, 6) is 2.03. The van der Waals surface area contributed by atoms with Gasteiger partial charge < -0.3 is 9.47 Å². The molecule has 0 N–H and O–H groups in total. The van der Waals surface area contributed by atoms with Crippen molar-refractivity contribution >= 4 is 11.9 Å². The van der Waals surface area contributed by atoms with Crippen molar-refractivity contribution in [2.45, 2.75) is 245 Å². The summed E-state index contributed by atoms with van der Waals surface area (Å²) >= 11 is 0. The molecule has 4 heteroatoms. The summed E-state index contributed by atoms with van der Waals surface area (Å²) in [6.45, 7) is 9.48. The molecule has 0 aromatic heterocycles. The minimum Gasteiger partial charge on any atom is -0.462 e. The molecular formula is C55H90O4. The van der Waals surface area contributed by atoms with Crippen LogP contribution in [-0.2, 0) is 19.1 Å². The zero-order chi connectivity index (χ0) is 42.0. The molecule has 7 atom stereocenters. The van der Waals surface area contributed by atoms with E-state index >= 15 is 0 Å². The first-order chi connectivity index (χ1) is 28.8. The van der Waals surface area contributed by atoms with E-state index in [1.165, 1.54) is 109 Å². The van der Waals surface area contributed by atoms with E-state index < -0.39 is 0 Å².